The Labute approximate surface area is 79.5 Å². The summed E-state index contributed by atoms with van der Waals surface area (Å²) in [4.78, 5) is 13.4. The lowest BCUT2D eigenvalue weighted by molar-refractivity contribution is 0.195. The second-order valence-corrected chi connectivity index (χ2v) is 4.40. The Hall–Kier alpha value is -0.730. The smallest absolute Gasteiger partial charge is 0.317 e. The summed E-state index contributed by atoms with van der Waals surface area (Å²) in [5.74, 6) is 0.789. The molecule has 13 heavy (non-hydrogen) atoms. The first kappa shape index (κ1) is 8.85. The van der Waals surface area contributed by atoms with Crippen LogP contribution in [0.4, 0.5) is 4.79 Å². The molecule has 2 aliphatic rings. The molecule has 0 spiro atoms. The van der Waals surface area contributed by atoms with E-state index in [0.29, 0.717) is 6.04 Å². The van der Waals surface area contributed by atoms with Crippen molar-refractivity contribution in [2.45, 2.75) is 38.1 Å². The van der Waals surface area contributed by atoms with Gasteiger partial charge in [-0.25, -0.2) is 4.79 Å². The summed E-state index contributed by atoms with van der Waals surface area (Å²) in [6.07, 6.45) is 6.23. The number of amides is 2. The Morgan fingerprint density at radius 3 is 2.54 bits per heavy atom. The highest BCUT2D eigenvalue weighted by molar-refractivity contribution is 5.74. The molecule has 2 fully saturated rings. The van der Waals surface area contributed by atoms with Gasteiger partial charge in [0.2, 0.25) is 0 Å². The van der Waals surface area contributed by atoms with E-state index in [-0.39, 0.29) is 6.03 Å². The third-order valence-electron chi connectivity index (χ3n) is 3.01. The molecule has 2 saturated carbocycles. The molecule has 2 rings (SSSR count). The van der Waals surface area contributed by atoms with E-state index in [1.165, 1.54) is 32.1 Å². The van der Waals surface area contributed by atoms with Crippen molar-refractivity contribution in [3.8, 4) is 0 Å². The second kappa shape index (κ2) is 3.56. The lowest BCUT2D eigenvalue weighted by Gasteiger charge is -2.29. The molecule has 0 aromatic rings. The Bertz CT molecular complexity index is 197. The van der Waals surface area contributed by atoms with Gasteiger partial charge in [-0.05, 0) is 38.0 Å². The van der Waals surface area contributed by atoms with E-state index in [1.54, 1.807) is 0 Å². The molecule has 0 saturated heterocycles. The van der Waals surface area contributed by atoms with Crippen molar-refractivity contribution >= 4 is 6.03 Å². The van der Waals surface area contributed by atoms with Crippen LogP contribution in [0.2, 0.25) is 0 Å². The Morgan fingerprint density at radius 1 is 1.38 bits per heavy atom. The minimum atomic E-state index is 0.122. The Morgan fingerprint density at radius 2 is 2.08 bits per heavy atom. The van der Waals surface area contributed by atoms with Gasteiger partial charge in [-0.2, -0.15) is 0 Å². The first-order valence-corrected chi connectivity index (χ1v) is 5.27. The van der Waals surface area contributed by atoms with Crippen molar-refractivity contribution in [2.24, 2.45) is 5.92 Å². The highest BCUT2D eigenvalue weighted by Gasteiger charge is 2.26. The number of hydrogen-bond acceptors (Lipinski definition) is 1. The van der Waals surface area contributed by atoms with Crippen molar-refractivity contribution in [3.63, 3.8) is 0 Å². The Kier molecular flexibility index (Phi) is 2.42. The highest BCUT2D eigenvalue weighted by Crippen LogP contribution is 2.29. The van der Waals surface area contributed by atoms with Gasteiger partial charge in [-0.3, -0.25) is 0 Å². The highest BCUT2D eigenvalue weighted by atomic mass is 16.2. The first-order valence-electron chi connectivity index (χ1n) is 5.27. The number of urea groups is 1. The number of hydrogen-bond donors (Lipinski definition) is 1. The van der Waals surface area contributed by atoms with Crippen LogP contribution in [0.5, 0.6) is 0 Å². The van der Waals surface area contributed by atoms with Crippen molar-refractivity contribution in [1.29, 1.82) is 0 Å². The van der Waals surface area contributed by atoms with Gasteiger partial charge in [0.25, 0.3) is 0 Å². The van der Waals surface area contributed by atoms with Gasteiger partial charge in [0.05, 0.1) is 0 Å². The SMILES string of the molecule is CN(CC1CC1)C(=O)NC1CCC1. The van der Waals surface area contributed by atoms with Gasteiger partial charge >= 0.3 is 6.03 Å². The predicted octanol–water partition coefficient (Wildman–Crippen LogP) is 1.59. The number of nitrogens with one attached hydrogen (secondary N) is 1. The summed E-state index contributed by atoms with van der Waals surface area (Å²) >= 11 is 0. The molecule has 0 unspecified atom stereocenters. The predicted molar refractivity (Wildman–Crippen MR) is 51.5 cm³/mol. The molecule has 0 aromatic carbocycles. The molecule has 3 heteroatoms. The fourth-order valence-electron chi connectivity index (χ4n) is 1.61. The minimum absolute atomic E-state index is 0.122. The normalized spacial score (nSPS) is 22.2. The molecule has 3 nitrogen and oxygen atoms in total. The van der Waals surface area contributed by atoms with Gasteiger partial charge < -0.3 is 10.2 Å². The van der Waals surface area contributed by atoms with Crippen molar-refractivity contribution in [2.75, 3.05) is 13.6 Å². The largest absolute Gasteiger partial charge is 0.335 e. The van der Waals surface area contributed by atoms with Gasteiger partial charge in [0.15, 0.2) is 0 Å². The van der Waals surface area contributed by atoms with Crippen LogP contribution in [0, 0.1) is 5.92 Å². The monoisotopic (exact) mass is 182 g/mol. The molecule has 0 aromatic heterocycles. The lowest BCUT2D eigenvalue weighted by atomic mass is 9.93. The molecular weight excluding hydrogens is 164 g/mol. The zero-order valence-electron chi connectivity index (χ0n) is 8.25. The maximum Gasteiger partial charge on any atom is 0.317 e. The van der Waals surface area contributed by atoms with Crippen molar-refractivity contribution in [3.05, 3.63) is 0 Å². The van der Waals surface area contributed by atoms with Crippen molar-refractivity contribution in [1.82, 2.24) is 10.2 Å². The first-order chi connectivity index (χ1) is 6.25. The number of carbonyl (C=O) groups is 1. The third-order valence-corrected chi connectivity index (χ3v) is 3.01. The van der Waals surface area contributed by atoms with Gasteiger partial charge in [0.1, 0.15) is 0 Å². The van der Waals surface area contributed by atoms with Crippen LogP contribution >= 0.6 is 0 Å². The lowest BCUT2D eigenvalue weighted by Crippen LogP contribution is -2.46. The zero-order chi connectivity index (χ0) is 9.26. The molecule has 2 amide bonds. The van der Waals surface area contributed by atoms with Gasteiger partial charge in [-0.1, -0.05) is 0 Å². The molecular formula is C10H18N2O. The summed E-state index contributed by atoms with van der Waals surface area (Å²) in [7, 11) is 1.90. The number of nitrogens with zero attached hydrogens (tertiary/aromatic N) is 1. The fourth-order valence-corrected chi connectivity index (χ4v) is 1.61. The summed E-state index contributed by atoms with van der Waals surface area (Å²) < 4.78 is 0. The standard InChI is InChI=1S/C10H18N2O/c1-12(7-8-5-6-8)10(13)11-9-3-2-4-9/h8-9H,2-7H2,1H3,(H,11,13). The van der Waals surface area contributed by atoms with Gasteiger partial charge in [0, 0.05) is 19.6 Å². The van der Waals surface area contributed by atoms with Crippen LogP contribution in [-0.2, 0) is 0 Å². The van der Waals surface area contributed by atoms with Crippen LogP contribution < -0.4 is 5.32 Å². The fraction of sp³-hybridized carbons (Fsp3) is 0.900. The zero-order valence-corrected chi connectivity index (χ0v) is 8.25. The van der Waals surface area contributed by atoms with Gasteiger partial charge in [-0.15, -0.1) is 0 Å². The Balaban J connectivity index is 1.67. The minimum Gasteiger partial charge on any atom is -0.335 e. The van der Waals surface area contributed by atoms with Crippen LogP contribution in [0.3, 0.4) is 0 Å². The molecule has 74 valence electrons. The maximum absolute atomic E-state index is 11.5. The molecule has 0 aliphatic heterocycles. The topological polar surface area (TPSA) is 32.3 Å². The second-order valence-electron chi connectivity index (χ2n) is 4.40. The molecule has 1 N–H and O–H groups in total. The quantitative estimate of drug-likeness (QED) is 0.706. The summed E-state index contributed by atoms with van der Waals surface area (Å²) in [5.41, 5.74) is 0. The van der Waals surface area contributed by atoms with E-state index in [4.69, 9.17) is 0 Å². The molecule has 0 bridgehead atoms. The maximum atomic E-state index is 11.5. The molecule has 2 aliphatic carbocycles. The van der Waals surface area contributed by atoms with E-state index >= 15 is 0 Å². The molecule has 0 heterocycles. The van der Waals surface area contributed by atoms with Crippen LogP contribution in [0.15, 0.2) is 0 Å². The summed E-state index contributed by atoms with van der Waals surface area (Å²) in [6, 6.07) is 0.589. The summed E-state index contributed by atoms with van der Waals surface area (Å²) in [6.45, 7) is 0.943. The average molecular weight is 182 g/mol. The van der Waals surface area contributed by atoms with E-state index < -0.39 is 0 Å². The van der Waals surface area contributed by atoms with E-state index in [0.717, 1.165) is 12.5 Å². The summed E-state index contributed by atoms with van der Waals surface area (Å²) in [5, 5.41) is 3.04. The van der Waals surface area contributed by atoms with E-state index in [1.807, 2.05) is 11.9 Å². The molecule has 0 radical (unpaired) electrons. The number of rotatable bonds is 3. The number of carbonyl (C=O) groups excluding carboxylic acids is 1. The third kappa shape index (κ3) is 2.36. The van der Waals surface area contributed by atoms with Crippen LogP contribution in [0.25, 0.3) is 0 Å². The average Bonchev–Trinajstić information content (AvgIpc) is 2.79. The van der Waals surface area contributed by atoms with Crippen LogP contribution in [0.1, 0.15) is 32.1 Å². The van der Waals surface area contributed by atoms with E-state index in [2.05, 4.69) is 5.32 Å². The van der Waals surface area contributed by atoms with Crippen molar-refractivity contribution < 1.29 is 4.79 Å². The van der Waals surface area contributed by atoms with Crippen LogP contribution in [-0.4, -0.2) is 30.6 Å². The van der Waals surface area contributed by atoms with E-state index in [9.17, 15) is 4.79 Å². The molecule has 0 atom stereocenters.